The maximum atomic E-state index is 12.6. The number of hydrogen-bond donors (Lipinski definition) is 1. The Hall–Kier alpha value is -2.52. The van der Waals surface area contributed by atoms with Gasteiger partial charge in [-0.2, -0.15) is 0 Å². The van der Waals surface area contributed by atoms with Crippen LogP contribution >= 0.6 is 23.1 Å². The highest BCUT2D eigenvalue weighted by atomic mass is 32.2. The van der Waals surface area contributed by atoms with Crippen molar-refractivity contribution >= 4 is 33.3 Å². The Balaban J connectivity index is 1.68. The molecule has 0 aliphatic carbocycles. The lowest BCUT2D eigenvalue weighted by Gasteiger charge is -2.12. The number of pyridine rings is 1. The molecule has 0 bridgehead atoms. The first kappa shape index (κ1) is 18.8. The first-order valence-corrected chi connectivity index (χ1v) is 10.7. The van der Waals surface area contributed by atoms with Crippen LogP contribution in [0.5, 0.6) is 0 Å². The Kier molecular flexibility index (Phi) is 5.03. The molecule has 7 nitrogen and oxygen atoms in total. The lowest BCUT2D eigenvalue weighted by molar-refractivity contribution is 0.685. The number of aryl methyl sites for hydroxylation is 2. The zero-order valence-electron chi connectivity index (χ0n) is 16.1. The van der Waals surface area contributed by atoms with Crippen molar-refractivity contribution in [1.82, 2.24) is 29.7 Å². The number of hydrogen-bond acceptors (Lipinski definition) is 7. The normalized spacial score (nSPS) is 12.6. The molecule has 0 fully saturated rings. The maximum absolute atomic E-state index is 12.6. The second kappa shape index (κ2) is 7.48. The van der Waals surface area contributed by atoms with Gasteiger partial charge < -0.3 is 9.55 Å². The van der Waals surface area contributed by atoms with Crippen LogP contribution in [0.25, 0.3) is 21.6 Å². The number of thioether (sulfide) groups is 1. The fourth-order valence-corrected chi connectivity index (χ4v) is 5.06. The first-order valence-electron chi connectivity index (χ1n) is 8.99. The van der Waals surface area contributed by atoms with Gasteiger partial charge in [0.2, 0.25) is 0 Å². The molecule has 4 aromatic heterocycles. The van der Waals surface area contributed by atoms with Crippen LogP contribution in [0.4, 0.5) is 0 Å². The van der Waals surface area contributed by atoms with Gasteiger partial charge in [0.1, 0.15) is 10.7 Å². The van der Waals surface area contributed by atoms with Gasteiger partial charge in [0.05, 0.1) is 10.6 Å². The van der Waals surface area contributed by atoms with E-state index in [0.717, 1.165) is 38.4 Å². The maximum Gasteiger partial charge on any atom is 0.259 e. The van der Waals surface area contributed by atoms with Crippen molar-refractivity contribution in [2.45, 2.75) is 44.6 Å². The van der Waals surface area contributed by atoms with E-state index >= 15 is 0 Å². The summed E-state index contributed by atoms with van der Waals surface area (Å²) in [4.78, 5) is 26.2. The largest absolute Gasteiger partial charge is 0.309 e. The molecule has 9 heteroatoms. The summed E-state index contributed by atoms with van der Waals surface area (Å²) in [5.74, 6) is 1.46. The van der Waals surface area contributed by atoms with Crippen molar-refractivity contribution < 1.29 is 0 Å². The van der Waals surface area contributed by atoms with E-state index in [1.54, 1.807) is 23.7 Å². The lowest BCUT2D eigenvalue weighted by atomic mass is 10.2. The molecule has 0 aliphatic heterocycles. The number of aromatic nitrogens is 6. The van der Waals surface area contributed by atoms with Crippen molar-refractivity contribution in [1.29, 1.82) is 0 Å². The highest BCUT2D eigenvalue weighted by Crippen LogP contribution is 2.35. The van der Waals surface area contributed by atoms with Gasteiger partial charge >= 0.3 is 0 Å². The van der Waals surface area contributed by atoms with Gasteiger partial charge in [-0.3, -0.25) is 9.78 Å². The average molecular weight is 413 g/mol. The number of aromatic amines is 1. The predicted octanol–water partition coefficient (Wildman–Crippen LogP) is 4.13. The molecule has 0 aliphatic rings. The molecule has 28 heavy (non-hydrogen) atoms. The van der Waals surface area contributed by atoms with Crippen molar-refractivity contribution in [3.05, 3.63) is 51.1 Å². The smallest absolute Gasteiger partial charge is 0.259 e. The Morgan fingerprint density at radius 2 is 2.00 bits per heavy atom. The molecule has 0 saturated carbocycles. The van der Waals surface area contributed by atoms with Crippen molar-refractivity contribution in [2.75, 3.05) is 0 Å². The predicted molar refractivity (Wildman–Crippen MR) is 113 cm³/mol. The summed E-state index contributed by atoms with van der Waals surface area (Å²) in [6.07, 6.45) is 3.49. The fraction of sp³-hybridized carbons (Fsp3) is 0.316. The minimum atomic E-state index is -0.0799. The zero-order chi connectivity index (χ0) is 19.8. The molecule has 0 saturated heterocycles. The summed E-state index contributed by atoms with van der Waals surface area (Å²) in [6.45, 7) is 8.80. The zero-order valence-corrected chi connectivity index (χ0v) is 17.7. The summed E-state index contributed by atoms with van der Waals surface area (Å²) >= 11 is 3.10. The van der Waals surface area contributed by atoms with Crippen LogP contribution in [0.1, 0.15) is 35.4 Å². The number of nitrogens with zero attached hydrogens (tertiary/aromatic N) is 5. The Labute approximate surface area is 170 Å². The molecule has 4 heterocycles. The third-order valence-electron chi connectivity index (χ3n) is 4.70. The molecule has 144 valence electrons. The SMILES string of the molecule is CCn1c(S[C@H](C)c2nc3sc(C)c(C)c3c(=O)[nH]2)nnc1-c1ccncc1. The van der Waals surface area contributed by atoms with Gasteiger partial charge in [0.15, 0.2) is 11.0 Å². The van der Waals surface area contributed by atoms with Crippen LogP contribution in [-0.4, -0.2) is 29.7 Å². The Morgan fingerprint density at radius 1 is 1.25 bits per heavy atom. The van der Waals surface area contributed by atoms with E-state index in [1.165, 1.54) is 11.8 Å². The molecule has 0 unspecified atom stereocenters. The number of nitrogens with one attached hydrogen (secondary N) is 1. The summed E-state index contributed by atoms with van der Waals surface area (Å²) in [7, 11) is 0. The van der Waals surface area contributed by atoms with Gasteiger partial charge in [-0.1, -0.05) is 11.8 Å². The van der Waals surface area contributed by atoms with Crippen LogP contribution in [0.3, 0.4) is 0 Å². The third kappa shape index (κ3) is 3.24. The second-order valence-electron chi connectivity index (χ2n) is 6.46. The van der Waals surface area contributed by atoms with E-state index in [2.05, 4.69) is 31.7 Å². The quantitative estimate of drug-likeness (QED) is 0.496. The van der Waals surface area contributed by atoms with Gasteiger partial charge in [-0.25, -0.2) is 4.98 Å². The van der Waals surface area contributed by atoms with E-state index in [1.807, 2.05) is 32.9 Å². The molecular formula is C19H20N6OS2. The molecule has 4 aromatic rings. The molecule has 4 rings (SSSR count). The van der Waals surface area contributed by atoms with Crippen molar-refractivity contribution in [2.24, 2.45) is 0 Å². The molecule has 0 spiro atoms. The highest BCUT2D eigenvalue weighted by molar-refractivity contribution is 7.99. The Morgan fingerprint density at radius 3 is 2.71 bits per heavy atom. The van der Waals surface area contributed by atoms with Crippen LogP contribution in [0.2, 0.25) is 0 Å². The van der Waals surface area contributed by atoms with Crippen LogP contribution in [-0.2, 0) is 6.54 Å². The number of rotatable bonds is 5. The van der Waals surface area contributed by atoms with Gasteiger partial charge in [-0.05, 0) is 45.4 Å². The average Bonchev–Trinajstić information content (AvgIpc) is 3.22. The highest BCUT2D eigenvalue weighted by Gasteiger charge is 2.20. The second-order valence-corrected chi connectivity index (χ2v) is 8.97. The summed E-state index contributed by atoms with van der Waals surface area (Å²) in [6, 6.07) is 3.84. The molecule has 0 radical (unpaired) electrons. The molecular weight excluding hydrogens is 392 g/mol. The van der Waals surface area contributed by atoms with E-state index in [9.17, 15) is 4.79 Å². The van der Waals surface area contributed by atoms with E-state index in [4.69, 9.17) is 4.98 Å². The van der Waals surface area contributed by atoms with Crippen molar-refractivity contribution in [3.8, 4) is 11.4 Å². The molecule has 1 N–H and O–H groups in total. The molecule has 0 aromatic carbocycles. The van der Waals surface area contributed by atoms with E-state index in [-0.39, 0.29) is 10.8 Å². The number of fused-ring (bicyclic) bond motifs is 1. The topological polar surface area (TPSA) is 89.4 Å². The fourth-order valence-electron chi connectivity index (χ4n) is 3.05. The third-order valence-corrected chi connectivity index (χ3v) is 6.89. The molecule has 1 atom stereocenters. The van der Waals surface area contributed by atoms with Crippen LogP contribution in [0.15, 0.2) is 34.5 Å². The first-order chi connectivity index (χ1) is 13.5. The van der Waals surface area contributed by atoms with Crippen LogP contribution < -0.4 is 5.56 Å². The van der Waals surface area contributed by atoms with Gasteiger partial charge in [0, 0.05) is 29.4 Å². The summed E-state index contributed by atoms with van der Waals surface area (Å²) < 4.78 is 2.06. The summed E-state index contributed by atoms with van der Waals surface area (Å²) in [5.41, 5.74) is 1.90. The van der Waals surface area contributed by atoms with E-state index < -0.39 is 0 Å². The number of H-pyrrole nitrogens is 1. The minimum absolute atomic E-state index is 0.0698. The Bertz CT molecular complexity index is 1190. The van der Waals surface area contributed by atoms with Gasteiger partial charge in [0.25, 0.3) is 5.56 Å². The van der Waals surface area contributed by atoms with Crippen molar-refractivity contribution in [3.63, 3.8) is 0 Å². The monoisotopic (exact) mass is 412 g/mol. The van der Waals surface area contributed by atoms with E-state index in [0.29, 0.717) is 11.2 Å². The number of thiophene rings is 1. The lowest BCUT2D eigenvalue weighted by Crippen LogP contribution is -2.12. The van der Waals surface area contributed by atoms with Gasteiger partial charge in [-0.15, -0.1) is 21.5 Å². The minimum Gasteiger partial charge on any atom is -0.309 e. The standard InChI is InChI=1S/C19H20N6OS2/c1-5-25-16(13-6-8-20-9-7-13)23-24-19(25)28-12(4)15-21-17(26)14-10(2)11(3)27-18(14)22-15/h6-9,12H,5H2,1-4H3,(H,21,22,26)/t12-/m1/s1. The molecule has 0 amide bonds. The summed E-state index contributed by atoms with van der Waals surface area (Å²) in [5, 5.41) is 10.1. The van der Waals surface area contributed by atoms with Crippen LogP contribution in [0, 0.1) is 13.8 Å².